The highest BCUT2D eigenvalue weighted by atomic mass is 35.5. The minimum Gasteiger partial charge on any atom is -0.490 e. The van der Waals surface area contributed by atoms with Crippen LogP contribution in [0.25, 0.3) is 0 Å². The Morgan fingerprint density at radius 1 is 1.20 bits per heavy atom. The van der Waals surface area contributed by atoms with Crippen molar-refractivity contribution < 1.29 is 24.2 Å². The van der Waals surface area contributed by atoms with E-state index >= 15 is 0 Å². The van der Waals surface area contributed by atoms with Crippen molar-refractivity contribution in [1.29, 1.82) is 0 Å². The molecule has 0 spiro atoms. The van der Waals surface area contributed by atoms with Gasteiger partial charge in [-0.1, -0.05) is 29.8 Å². The van der Waals surface area contributed by atoms with Gasteiger partial charge in [-0.2, -0.15) is 5.10 Å². The van der Waals surface area contributed by atoms with Crippen LogP contribution in [-0.4, -0.2) is 34.8 Å². The molecule has 2 aromatic carbocycles. The summed E-state index contributed by atoms with van der Waals surface area (Å²) in [6, 6.07) is 13.2. The lowest BCUT2D eigenvalue weighted by molar-refractivity contribution is 0.0696. The SMILES string of the molecule is C=CCc1cc(C=NNC(=O)c2cccnc2Cl)cc(OCC)c1OCc1ccc(C(=O)O)cc1. The van der Waals surface area contributed by atoms with Crippen LogP contribution in [0.5, 0.6) is 11.5 Å². The van der Waals surface area contributed by atoms with Crippen LogP contribution >= 0.6 is 11.6 Å². The van der Waals surface area contributed by atoms with Gasteiger partial charge in [0.05, 0.1) is 23.9 Å². The van der Waals surface area contributed by atoms with E-state index in [0.717, 1.165) is 11.1 Å². The van der Waals surface area contributed by atoms with Gasteiger partial charge >= 0.3 is 5.97 Å². The second-order valence-corrected chi connectivity index (χ2v) is 7.62. The van der Waals surface area contributed by atoms with Crippen molar-refractivity contribution in [3.05, 3.63) is 100 Å². The number of hydrogen-bond acceptors (Lipinski definition) is 6. The van der Waals surface area contributed by atoms with E-state index in [4.69, 9.17) is 26.2 Å². The maximum Gasteiger partial charge on any atom is 0.335 e. The van der Waals surface area contributed by atoms with E-state index in [0.29, 0.717) is 30.1 Å². The quantitative estimate of drug-likeness (QED) is 0.170. The monoisotopic (exact) mass is 493 g/mol. The molecule has 2 N–H and O–H groups in total. The molecule has 0 unspecified atom stereocenters. The Bertz CT molecular complexity index is 1240. The fraction of sp³-hybridized carbons (Fsp3) is 0.154. The van der Waals surface area contributed by atoms with Crippen LogP contribution in [0.4, 0.5) is 0 Å². The van der Waals surface area contributed by atoms with E-state index in [-0.39, 0.29) is 22.9 Å². The Morgan fingerprint density at radius 2 is 1.97 bits per heavy atom. The average molecular weight is 494 g/mol. The first kappa shape index (κ1) is 25.5. The number of carbonyl (C=O) groups is 2. The predicted molar refractivity (Wildman–Crippen MR) is 134 cm³/mol. The van der Waals surface area contributed by atoms with Gasteiger partial charge < -0.3 is 14.6 Å². The summed E-state index contributed by atoms with van der Waals surface area (Å²) in [4.78, 5) is 27.2. The van der Waals surface area contributed by atoms with Crippen molar-refractivity contribution in [2.75, 3.05) is 6.61 Å². The van der Waals surface area contributed by atoms with Crippen molar-refractivity contribution in [3.8, 4) is 11.5 Å². The van der Waals surface area contributed by atoms with Gasteiger partial charge in [0.2, 0.25) is 0 Å². The molecule has 180 valence electrons. The molecule has 0 fully saturated rings. The van der Waals surface area contributed by atoms with E-state index in [9.17, 15) is 9.59 Å². The Balaban J connectivity index is 1.80. The lowest BCUT2D eigenvalue weighted by Crippen LogP contribution is -2.18. The highest BCUT2D eigenvalue weighted by Crippen LogP contribution is 2.34. The van der Waals surface area contributed by atoms with Crippen LogP contribution < -0.4 is 14.9 Å². The van der Waals surface area contributed by atoms with Crippen molar-refractivity contribution in [2.24, 2.45) is 5.10 Å². The maximum atomic E-state index is 12.3. The van der Waals surface area contributed by atoms with E-state index in [1.165, 1.54) is 24.5 Å². The molecule has 0 aliphatic rings. The van der Waals surface area contributed by atoms with Gasteiger partial charge in [0, 0.05) is 11.8 Å². The summed E-state index contributed by atoms with van der Waals surface area (Å²) in [5.74, 6) is -0.402. The molecule has 35 heavy (non-hydrogen) atoms. The van der Waals surface area contributed by atoms with Crippen LogP contribution in [-0.2, 0) is 13.0 Å². The molecule has 9 heteroatoms. The molecule has 1 heterocycles. The molecule has 0 bridgehead atoms. The van der Waals surface area contributed by atoms with Crippen LogP contribution in [0, 0.1) is 0 Å². The van der Waals surface area contributed by atoms with E-state index < -0.39 is 11.9 Å². The van der Waals surface area contributed by atoms with Crippen LogP contribution in [0.1, 0.15) is 44.3 Å². The number of allylic oxidation sites excluding steroid dienone is 1. The molecule has 0 atom stereocenters. The van der Waals surface area contributed by atoms with Gasteiger partial charge in [-0.3, -0.25) is 4.79 Å². The zero-order chi connectivity index (χ0) is 25.2. The van der Waals surface area contributed by atoms with Crippen molar-refractivity contribution in [1.82, 2.24) is 10.4 Å². The number of rotatable bonds is 11. The molecule has 1 amide bonds. The number of aromatic nitrogens is 1. The van der Waals surface area contributed by atoms with E-state index in [1.54, 1.807) is 36.4 Å². The fourth-order valence-corrected chi connectivity index (χ4v) is 3.38. The Morgan fingerprint density at radius 3 is 2.63 bits per heavy atom. The molecule has 8 nitrogen and oxygen atoms in total. The Hall–Kier alpha value is -4.17. The molecule has 0 aliphatic heterocycles. The molecular formula is C26H24ClN3O5. The van der Waals surface area contributed by atoms with E-state index in [2.05, 4.69) is 22.1 Å². The number of halogens is 1. The number of ether oxygens (including phenoxy) is 2. The predicted octanol–water partition coefficient (Wildman–Crippen LogP) is 4.90. The average Bonchev–Trinajstić information content (AvgIpc) is 2.84. The van der Waals surface area contributed by atoms with Crippen molar-refractivity contribution in [2.45, 2.75) is 20.0 Å². The number of nitrogens with zero attached hydrogens (tertiary/aromatic N) is 2. The Labute approximate surface area is 207 Å². The maximum absolute atomic E-state index is 12.3. The summed E-state index contributed by atoms with van der Waals surface area (Å²) in [5.41, 5.74) is 5.17. The standard InChI is InChI=1S/C26H24ClN3O5/c1-3-6-20-13-18(15-29-30-25(31)21-7-5-12-28-24(21)27)14-22(34-4-2)23(20)35-16-17-8-10-19(11-9-17)26(32)33/h3,5,7-15H,1,4,6,16H2,2H3,(H,30,31)(H,32,33). The first-order valence-corrected chi connectivity index (χ1v) is 11.1. The molecule has 0 aliphatic carbocycles. The normalized spacial score (nSPS) is 10.7. The van der Waals surface area contributed by atoms with Gasteiger partial charge in [-0.05, 0) is 60.9 Å². The minimum atomic E-state index is -0.985. The summed E-state index contributed by atoms with van der Waals surface area (Å²) >= 11 is 5.95. The number of aromatic carboxylic acids is 1. The summed E-state index contributed by atoms with van der Waals surface area (Å²) < 4.78 is 11.9. The van der Waals surface area contributed by atoms with Gasteiger partial charge in [0.15, 0.2) is 11.5 Å². The molecule has 3 rings (SSSR count). The number of amides is 1. The third-order valence-electron chi connectivity index (χ3n) is 4.79. The highest BCUT2D eigenvalue weighted by Gasteiger charge is 2.14. The number of benzene rings is 2. The van der Waals surface area contributed by atoms with Crippen LogP contribution in [0.2, 0.25) is 5.15 Å². The topological polar surface area (TPSA) is 110 Å². The van der Waals surface area contributed by atoms with Crippen molar-refractivity contribution in [3.63, 3.8) is 0 Å². The molecule has 0 radical (unpaired) electrons. The van der Waals surface area contributed by atoms with Gasteiger partial charge in [-0.25, -0.2) is 15.2 Å². The summed E-state index contributed by atoms with van der Waals surface area (Å²) in [6.45, 7) is 6.31. The van der Waals surface area contributed by atoms with E-state index in [1.807, 2.05) is 13.0 Å². The van der Waals surface area contributed by atoms with Crippen LogP contribution in [0.15, 0.2) is 72.5 Å². The molecule has 0 saturated heterocycles. The zero-order valence-electron chi connectivity index (χ0n) is 19.0. The largest absolute Gasteiger partial charge is 0.490 e. The number of hydrazone groups is 1. The number of hydrogen-bond donors (Lipinski definition) is 2. The third kappa shape index (κ3) is 6.91. The second kappa shape index (κ2) is 12.3. The lowest BCUT2D eigenvalue weighted by atomic mass is 10.1. The molecule has 3 aromatic rings. The molecule has 1 aromatic heterocycles. The number of pyridine rings is 1. The smallest absolute Gasteiger partial charge is 0.335 e. The number of carboxylic acid groups (broad SMARTS) is 1. The van der Waals surface area contributed by atoms with Gasteiger partial charge in [0.1, 0.15) is 11.8 Å². The third-order valence-corrected chi connectivity index (χ3v) is 5.09. The summed E-state index contributed by atoms with van der Waals surface area (Å²) in [5, 5.41) is 13.2. The zero-order valence-corrected chi connectivity index (χ0v) is 19.8. The molecule has 0 saturated carbocycles. The van der Waals surface area contributed by atoms with Crippen LogP contribution in [0.3, 0.4) is 0 Å². The lowest BCUT2D eigenvalue weighted by Gasteiger charge is -2.17. The number of carbonyl (C=O) groups excluding carboxylic acids is 1. The molecular weight excluding hydrogens is 470 g/mol. The second-order valence-electron chi connectivity index (χ2n) is 7.26. The summed E-state index contributed by atoms with van der Waals surface area (Å²) in [6.07, 6.45) is 5.23. The number of nitrogens with one attached hydrogen (secondary N) is 1. The number of carboxylic acids is 1. The fourth-order valence-electron chi connectivity index (χ4n) is 3.17. The van der Waals surface area contributed by atoms with Gasteiger partial charge in [0.25, 0.3) is 5.91 Å². The van der Waals surface area contributed by atoms with Gasteiger partial charge in [-0.15, -0.1) is 6.58 Å². The Kier molecular flexibility index (Phi) is 8.97. The highest BCUT2D eigenvalue weighted by molar-refractivity contribution is 6.32. The van der Waals surface area contributed by atoms with Crippen molar-refractivity contribution >= 4 is 29.7 Å². The first-order chi connectivity index (χ1) is 16.9. The summed E-state index contributed by atoms with van der Waals surface area (Å²) in [7, 11) is 0. The minimum absolute atomic E-state index is 0.0891. The first-order valence-electron chi connectivity index (χ1n) is 10.7.